The lowest BCUT2D eigenvalue weighted by Crippen LogP contribution is -2.20. The zero-order chi connectivity index (χ0) is 13.8. The molecule has 0 spiro atoms. The van der Waals surface area contributed by atoms with E-state index in [-0.39, 0.29) is 0 Å². The van der Waals surface area contributed by atoms with E-state index in [0.717, 1.165) is 30.7 Å². The molecule has 0 atom stereocenters. The molecule has 20 heavy (non-hydrogen) atoms. The summed E-state index contributed by atoms with van der Waals surface area (Å²) in [6.07, 6.45) is 8.50. The summed E-state index contributed by atoms with van der Waals surface area (Å²) < 4.78 is 6.17. The second-order valence-electron chi connectivity index (χ2n) is 5.54. The number of pyridine rings is 1. The van der Waals surface area contributed by atoms with Crippen LogP contribution in [0.1, 0.15) is 37.7 Å². The summed E-state index contributed by atoms with van der Waals surface area (Å²) in [5.41, 5.74) is 1.22. The Hall–Kier alpha value is -1.61. The molecule has 0 amide bonds. The topological polar surface area (TPSA) is 34.2 Å². The van der Waals surface area contributed by atoms with Gasteiger partial charge in [0, 0.05) is 18.1 Å². The van der Waals surface area contributed by atoms with E-state index in [1.807, 2.05) is 13.2 Å². The summed E-state index contributed by atoms with van der Waals surface area (Å²) in [6, 6.07) is 8.39. The van der Waals surface area contributed by atoms with Gasteiger partial charge in [-0.2, -0.15) is 0 Å². The summed E-state index contributed by atoms with van der Waals surface area (Å²) in [5, 5.41) is 5.57. The summed E-state index contributed by atoms with van der Waals surface area (Å²) in [6.45, 7) is 0.831. The molecule has 1 heterocycles. The number of hydrogen-bond donors (Lipinski definition) is 1. The van der Waals surface area contributed by atoms with Crippen molar-refractivity contribution < 1.29 is 4.74 Å². The van der Waals surface area contributed by atoms with Crippen molar-refractivity contribution in [2.75, 3.05) is 7.05 Å². The molecule has 1 aliphatic carbocycles. The molecule has 2 aromatic rings. The number of aromatic nitrogens is 1. The second-order valence-corrected chi connectivity index (χ2v) is 5.54. The molecule has 1 fully saturated rings. The van der Waals surface area contributed by atoms with Gasteiger partial charge < -0.3 is 10.1 Å². The largest absolute Gasteiger partial charge is 0.474 e. The molecule has 1 saturated carbocycles. The van der Waals surface area contributed by atoms with Gasteiger partial charge in [-0.15, -0.1) is 0 Å². The van der Waals surface area contributed by atoms with E-state index in [1.54, 1.807) is 0 Å². The highest BCUT2D eigenvalue weighted by Gasteiger charge is 2.17. The van der Waals surface area contributed by atoms with Crippen LogP contribution in [0.2, 0.25) is 0 Å². The Balaban J connectivity index is 1.92. The first-order valence-electron chi connectivity index (χ1n) is 7.56. The predicted octanol–water partition coefficient (Wildman–Crippen LogP) is 3.67. The fourth-order valence-electron chi connectivity index (χ4n) is 2.99. The van der Waals surface area contributed by atoms with Gasteiger partial charge in [0.2, 0.25) is 5.88 Å². The maximum Gasteiger partial charge on any atom is 0.221 e. The maximum atomic E-state index is 6.17. The predicted molar refractivity (Wildman–Crippen MR) is 82.0 cm³/mol. The van der Waals surface area contributed by atoms with Crippen molar-refractivity contribution in [3.8, 4) is 5.88 Å². The Morgan fingerprint density at radius 3 is 2.65 bits per heavy atom. The van der Waals surface area contributed by atoms with Crippen LogP contribution in [-0.2, 0) is 6.54 Å². The number of nitrogens with one attached hydrogen (secondary N) is 1. The quantitative estimate of drug-likeness (QED) is 0.920. The molecule has 0 saturated heterocycles. The third-order valence-corrected chi connectivity index (χ3v) is 4.04. The van der Waals surface area contributed by atoms with Crippen LogP contribution in [0.15, 0.2) is 30.5 Å². The van der Waals surface area contributed by atoms with Crippen molar-refractivity contribution in [3.63, 3.8) is 0 Å². The van der Waals surface area contributed by atoms with Crippen LogP contribution in [0.25, 0.3) is 10.8 Å². The third kappa shape index (κ3) is 2.78. The number of hydrogen-bond acceptors (Lipinski definition) is 3. The fraction of sp³-hybridized carbons (Fsp3) is 0.471. The first kappa shape index (κ1) is 13.4. The first-order chi connectivity index (χ1) is 9.88. The van der Waals surface area contributed by atoms with Crippen LogP contribution < -0.4 is 10.1 Å². The van der Waals surface area contributed by atoms with Crippen LogP contribution >= 0.6 is 0 Å². The van der Waals surface area contributed by atoms with Gasteiger partial charge in [-0.25, -0.2) is 4.98 Å². The van der Waals surface area contributed by atoms with Gasteiger partial charge in [-0.3, -0.25) is 0 Å². The van der Waals surface area contributed by atoms with Crippen LogP contribution in [0.5, 0.6) is 5.88 Å². The van der Waals surface area contributed by atoms with E-state index < -0.39 is 0 Å². The molecule has 1 aromatic carbocycles. The molecule has 1 N–H and O–H groups in total. The smallest absolute Gasteiger partial charge is 0.221 e. The van der Waals surface area contributed by atoms with E-state index in [0.29, 0.717) is 6.10 Å². The number of fused-ring (bicyclic) bond motifs is 1. The highest BCUT2D eigenvalue weighted by atomic mass is 16.5. The van der Waals surface area contributed by atoms with E-state index in [2.05, 4.69) is 34.6 Å². The molecule has 0 bridgehead atoms. The van der Waals surface area contributed by atoms with Crippen LogP contribution in [0, 0.1) is 0 Å². The van der Waals surface area contributed by atoms with Gasteiger partial charge in [-0.05, 0) is 49.7 Å². The monoisotopic (exact) mass is 270 g/mol. The Bertz CT molecular complexity index is 576. The van der Waals surface area contributed by atoms with Gasteiger partial charge in [0.15, 0.2) is 0 Å². The molecular formula is C17H22N2O. The van der Waals surface area contributed by atoms with Crippen molar-refractivity contribution in [3.05, 3.63) is 36.0 Å². The van der Waals surface area contributed by atoms with Gasteiger partial charge in [0.25, 0.3) is 0 Å². The zero-order valence-corrected chi connectivity index (χ0v) is 12.1. The Labute approximate surface area is 120 Å². The number of nitrogens with zero attached hydrogens (tertiary/aromatic N) is 1. The Morgan fingerprint density at radius 1 is 1.15 bits per heavy atom. The van der Waals surface area contributed by atoms with E-state index >= 15 is 0 Å². The minimum Gasteiger partial charge on any atom is -0.474 e. The fourth-order valence-corrected chi connectivity index (χ4v) is 2.99. The SMILES string of the molecule is CNCc1cnc(OC2CCCCC2)c2ccccc12. The highest BCUT2D eigenvalue weighted by molar-refractivity contribution is 5.89. The minimum absolute atomic E-state index is 0.342. The van der Waals surface area contributed by atoms with Crippen LogP contribution in [-0.4, -0.2) is 18.1 Å². The van der Waals surface area contributed by atoms with Crippen molar-refractivity contribution in [1.82, 2.24) is 10.3 Å². The third-order valence-electron chi connectivity index (χ3n) is 4.04. The average molecular weight is 270 g/mol. The summed E-state index contributed by atoms with van der Waals surface area (Å²) in [7, 11) is 1.96. The Morgan fingerprint density at radius 2 is 1.90 bits per heavy atom. The molecule has 0 aliphatic heterocycles. The van der Waals surface area contributed by atoms with Crippen LogP contribution in [0.4, 0.5) is 0 Å². The van der Waals surface area contributed by atoms with Crippen molar-refractivity contribution in [2.24, 2.45) is 0 Å². The Kier molecular flexibility index (Phi) is 4.16. The lowest BCUT2D eigenvalue weighted by molar-refractivity contribution is 0.151. The summed E-state index contributed by atoms with van der Waals surface area (Å²) in [4.78, 5) is 4.56. The van der Waals surface area contributed by atoms with E-state index in [9.17, 15) is 0 Å². The normalized spacial score (nSPS) is 16.4. The maximum absolute atomic E-state index is 6.17. The average Bonchev–Trinajstić information content (AvgIpc) is 2.51. The lowest BCUT2D eigenvalue weighted by Gasteiger charge is -2.23. The van der Waals surface area contributed by atoms with Gasteiger partial charge in [-0.1, -0.05) is 24.6 Å². The number of rotatable bonds is 4. The van der Waals surface area contributed by atoms with E-state index in [4.69, 9.17) is 4.74 Å². The van der Waals surface area contributed by atoms with E-state index in [1.165, 1.54) is 30.2 Å². The molecule has 3 rings (SSSR count). The molecular weight excluding hydrogens is 248 g/mol. The summed E-state index contributed by atoms with van der Waals surface area (Å²) >= 11 is 0. The molecule has 3 nitrogen and oxygen atoms in total. The minimum atomic E-state index is 0.342. The standard InChI is InChI=1S/C17H22N2O/c1-18-11-13-12-19-17(16-10-6-5-9-15(13)16)20-14-7-3-2-4-8-14/h5-6,9-10,12,14,18H,2-4,7-8,11H2,1H3. The second kappa shape index (κ2) is 6.23. The van der Waals surface area contributed by atoms with Crippen molar-refractivity contribution in [2.45, 2.75) is 44.8 Å². The molecule has 1 aromatic heterocycles. The molecule has 1 aliphatic rings. The number of benzene rings is 1. The molecule has 0 unspecified atom stereocenters. The zero-order valence-electron chi connectivity index (χ0n) is 12.1. The van der Waals surface area contributed by atoms with Crippen molar-refractivity contribution >= 4 is 10.8 Å². The number of ether oxygens (including phenoxy) is 1. The molecule has 3 heteroatoms. The first-order valence-corrected chi connectivity index (χ1v) is 7.56. The van der Waals surface area contributed by atoms with Crippen molar-refractivity contribution in [1.29, 1.82) is 0 Å². The molecule has 106 valence electrons. The summed E-state index contributed by atoms with van der Waals surface area (Å²) in [5.74, 6) is 0.798. The van der Waals surface area contributed by atoms with Gasteiger partial charge >= 0.3 is 0 Å². The molecule has 0 radical (unpaired) electrons. The highest BCUT2D eigenvalue weighted by Crippen LogP contribution is 2.29. The lowest BCUT2D eigenvalue weighted by atomic mass is 9.98. The van der Waals surface area contributed by atoms with Gasteiger partial charge in [0.05, 0.1) is 0 Å². The van der Waals surface area contributed by atoms with Crippen LogP contribution in [0.3, 0.4) is 0 Å². The van der Waals surface area contributed by atoms with Gasteiger partial charge in [0.1, 0.15) is 6.10 Å².